The summed E-state index contributed by atoms with van der Waals surface area (Å²) in [5.41, 5.74) is 6.14. The fourth-order valence-electron chi connectivity index (χ4n) is 1.83. The van der Waals surface area contributed by atoms with Crippen molar-refractivity contribution in [2.24, 2.45) is 5.92 Å². The van der Waals surface area contributed by atoms with Crippen molar-refractivity contribution in [3.63, 3.8) is 0 Å². The average Bonchev–Trinajstić information content (AvgIpc) is 2.35. The van der Waals surface area contributed by atoms with Crippen LogP contribution in [0.1, 0.15) is 39.2 Å². The van der Waals surface area contributed by atoms with Crippen LogP contribution in [-0.4, -0.2) is 14.5 Å². The minimum atomic E-state index is -3.65. The van der Waals surface area contributed by atoms with E-state index in [-0.39, 0.29) is 16.6 Å². The van der Waals surface area contributed by atoms with Crippen LogP contribution in [-0.2, 0) is 10.0 Å². The SMILES string of the molecule is CC(C)CCC(C)NS(=O)(=O)c1ccc(C#N)cc1N. The van der Waals surface area contributed by atoms with Crippen molar-refractivity contribution >= 4 is 15.7 Å². The largest absolute Gasteiger partial charge is 0.398 e. The number of anilines is 1. The molecule has 0 saturated heterocycles. The van der Waals surface area contributed by atoms with Crippen molar-refractivity contribution in [2.45, 2.75) is 44.6 Å². The molecular weight excluding hydrogens is 274 g/mol. The van der Waals surface area contributed by atoms with E-state index in [1.807, 2.05) is 13.0 Å². The lowest BCUT2D eigenvalue weighted by Crippen LogP contribution is -2.33. The molecule has 0 bridgehead atoms. The first-order valence-electron chi connectivity index (χ1n) is 6.58. The van der Waals surface area contributed by atoms with Crippen LogP contribution in [0.3, 0.4) is 0 Å². The van der Waals surface area contributed by atoms with Crippen LogP contribution in [0.4, 0.5) is 5.69 Å². The van der Waals surface area contributed by atoms with E-state index in [0.717, 1.165) is 12.8 Å². The van der Waals surface area contributed by atoms with Crippen LogP contribution in [0.5, 0.6) is 0 Å². The van der Waals surface area contributed by atoms with Gasteiger partial charge in [-0.2, -0.15) is 5.26 Å². The molecule has 0 fully saturated rings. The molecule has 0 saturated carbocycles. The summed E-state index contributed by atoms with van der Waals surface area (Å²) in [5, 5.41) is 8.75. The number of nitrogens with one attached hydrogen (secondary N) is 1. The summed E-state index contributed by atoms with van der Waals surface area (Å²) in [5.74, 6) is 0.530. The molecule has 1 rings (SSSR count). The highest BCUT2D eigenvalue weighted by Gasteiger charge is 2.20. The Bertz CT molecular complexity index is 603. The number of nitrogen functional groups attached to an aromatic ring is 1. The molecule has 0 heterocycles. The topological polar surface area (TPSA) is 96.0 Å². The summed E-state index contributed by atoms with van der Waals surface area (Å²) in [7, 11) is -3.65. The van der Waals surface area contributed by atoms with E-state index < -0.39 is 10.0 Å². The van der Waals surface area contributed by atoms with E-state index in [0.29, 0.717) is 11.5 Å². The molecule has 0 aromatic heterocycles. The quantitative estimate of drug-likeness (QED) is 0.787. The predicted molar refractivity (Wildman–Crippen MR) is 79.4 cm³/mol. The number of benzene rings is 1. The Morgan fingerprint density at radius 1 is 1.30 bits per heavy atom. The summed E-state index contributed by atoms with van der Waals surface area (Å²) < 4.78 is 27.1. The molecule has 0 aliphatic rings. The van der Waals surface area contributed by atoms with Gasteiger partial charge in [0.1, 0.15) is 4.90 Å². The molecular formula is C14H21N3O2S. The molecule has 5 nitrogen and oxygen atoms in total. The third-order valence-corrected chi connectivity index (χ3v) is 4.63. The fourth-order valence-corrected chi connectivity index (χ4v) is 3.22. The summed E-state index contributed by atoms with van der Waals surface area (Å²) >= 11 is 0. The second-order valence-electron chi connectivity index (χ2n) is 5.36. The van der Waals surface area contributed by atoms with Crippen molar-refractivity contribution in [1.29, 1.82) is 5.26 Å². The monoisotopic (exact) mass is 295 g/mol. The first kappa shape index (κ1) is 16.5. The van der Waals surface area contributed by atoms with E-state index in [9.17, 15) is 8.42 Å². The number of hydrogen-bond donors (Lipinski definition) is 2. The number of hydrogen-bond acceptors (Lipinski definition) is 4. The third-order valence-electron chi connectivity index (χ3n) is 2.96. The van der Waals surface area contributed by atoms with Crippen molar-refractivity contribution < 1.29 is 8.42 Å². The fraction of sp³-hybridized carbons (Fsp3) is 0.500. The van der Waals surface area contributed by atoms with Crippen molar-refractivity contribution in [1.82, 2.24) is 4.72 Å². The van der Waals surface area contributed by atoms with Gasteiger partial charge in [-0.05, 0) is 43.9 Å². The zero-order chi connectivity index (χ0) is 15.3. The smallest absolute Gasteiger partial charge is 0.242 e. The van der Waals surface area contributed by atoms with Gasteiger partial charge in [0.25, 0.3) is 0 Å². The number of nitriles is 1. The van der Waals surface area contributed by atoms with Gasteiger partial charge in [0, 0.05) is 6.04 Å². The lowest BCUT2D eigenvalue weighted by atomic mass is 10.1. The maximum atomic E-state index is 12.2. The minimum Gasteiger partial charge on any atom is -0.398 e. The van der Waals surface area contributed by atoms with Gasteiger partial charge in [0.2, 0.25) is 10.0 Å². The first-order chi connectivity index (χ1) is 9.26. The highest BCUT2D eigenvalue weighted by atomic mass is 32.2. The Balaban J connectivity index is 2.87. The lowest BCUT2D eigenvalue weighted by Gasteiger charge is -2.16. The van der Waals surface area contributed by atoms with E-state index >= 15 is 0 Å². The Hall–Kier alpha value is -1.58. The van der Waals surface area contributed by atoms with Crippen LogP contribution in [0.15, 0.2) is 23.1 Å². The van der Waals surface area contributed by atoms with Crippen LogP contribution >= 0.6 is 0 Å². The van der Waals surface area contributed by atoms with Crippen LogP contribution < -0.4 is 10.5 Å². The van der Waals surface area contributed by atoms with E-state index in [4.69, 9.17) is 11.0 Å². The van der Waals surface area contributed by atoms with Crippen molar-refractivity contribution in [3.8, 4) is 6.07 Å². The van der Waals surface area contributed by atoms with Gasteiger partial charge in [-0.3, -0.25) is 0 Å². The van der Waals surface area contributed by atoms with Gasteiger partial charge in [-0.15, -0.1) is 0 Å². The Labute approximate surface area is 120 Å². The second-order valence-corrected chi connectivity index (χ2v) is 7.04. The van der Waals surface area contributed by atoms with Crippen LogP contribution in [0.25, 0.3) is 0 Å². The molecule has 1 aromatic rings. The molecule has 0 aliphatic heterocycles. The number of nitrogens with two attached hydrogens (primary N) is 1. The van der Waals surface area contributed by atoms with E-state index in [2.05, 4.69) is 18.6 Å². The Morgan fingerprint density at radius 3 is 2.45 bits per heavy atom. The molecule has 0 aliphatic carbocycles. The molecule has 1 aromatic carbocycles. The van der Waals surface area contributed by atoms with Gasteiger partial charge in [0.15, 0.2) is 0 Å². The highest BCUT2D eigenvalue weighted by Crippen LogP contribution is 2.20. The summed E-state index contributed by atoms with van der Waals surface area (Å²) in [6, 6.07) is 5.95. The second kappa shape index (κ2) is 6.73. The maximum Gasteiger partial charge on any atom is 0.242 e. The molecule has 0 spiro atoms. The number of nitrogens with zero attached hydrogens (tertiary/aromatic N) is 1. The molecule has 110 valence electrons. The molecule has 1 unspecified atom stereocenters. The molecule has 20 heavy (non-hydrogen) atoms. The molecule has 6 heteroatoms. The third kappa shape index (κ3) is 4.51. The summed E-state index contributed by atoms with van der Waals surface area (Å²) in [6.07, 6.45) is 1.72. The van der Waals surface area contributed by atoms with Crippen molar-refractivity contribution in [2.75, 3.05) is 5.73 Å². The van der Waals surface area contributed by atoms with E-state index in [1.54, 1.807) is 0 Å². The number of sulfonamides is 1. The van der Waals surface area contributed by atoms with Crippen molar-refractivity contribution in [3.05, 3.63) is 23.8 Å². The van der Waals surface area contributed by atoms with Gasteiger partial charge in [-0.1, -0.05) is 13.8 Å². The van der Waals surface area contributed by atoms with Gasteiger partial charge in [0.05, 0.1) is 17.3 Å². The van der Waals surface area contributed by atoms with Gasteiger partial charge >= 0.3 is 0 Å². The van der Waals surface area contributed by atoms with Gasteiger partial charge < -0.3 is 5.73 Å². The average molecular weight is 295 g/mol. The zero-order valence-electron chi connectivity index (χ0n) is 12.1. The summed E-state index contributed by atoms with van der Waals surface area (Å²) in [6.45, 7) is 6.03. The van der Waals surface area contributed by atoms with Gasteiger partial charge in [-0.25, -0.2) is 13.1 Å². The zero-order valence-corrected chi connectivity index (χ0v) is 12.9. The van der Waals surface area contributed by atoms with E-state index in [1.165, 1.54) is 18.2 Å². The highest BCUT2D eigenvalue weighted by molar-refractivity contribution is 7.89. The molecule has 3 N–H and O–H groups in total. The first-order valence-corrected chi connectivity index (χ1v) is 8.06. The van der Waals surface area contributed by atoms with Crippen LogP contribution in [0.2, 0.25) is 0 Å². The molecule has 0 radical (unpaired) electrons. The predicted octanol–water partition coefficient (Wildman–Crippen LogP) is 2.24. The summed E-state index contributed by atoms with van der Waals surface area (Å²) in [4.78, 5) is 0.0212. The Morgan fingerprint density at radius 2 is 1.95 bits per heavy atom. The molecule has 1 atom stereocenters. The minimum absolute atomic E-state index is 0.0212. The number of rotatable bonds is 6. The molecule has 0 amide bonds. The van der Waals surface area contributed by atoms with Crippen LogP contribution in [0, 0.1) is 17.2 Å². The lowest BCUT2D eigenvalue weighted by molar-refractivity contribution is 0.485. The standard InChI is InChI=1S/C14H21N3O2S/c1-10(2)4-5-11(3)17-20(18,19)14-7-6-12(9-15)8-13(14)16/h6-8,10-11,17H,4-5,16H2,1-3H3. The normalized spacial score (nSPS) is 13.2. The Kier molecular flexibility index (Phi) is 5.54. The maximum absolute atomic E-state index is 12.2.